The molecule has 1 N–H and O–H groups in total. The summed E-state index contributed by atoms with van der Waals surface area (Å²) < 4.78 is 0.825. The standard InChI is InChI=1S/C14H17BrClNO/c15-14-10(5-4-8-12(14)16)9-13(18)17-11-6-2-1-3-7-11/h4-5,8,11H,1-3,6-7,9H2,(H,17,18). The van der Waals surface area contributed by atoms with Gasteiger partial charge in [0.25, 0.3) is 0 Å². The van der Waals surface area contributed by atoms with Gasteiger partial charge in [-0.05, 0) is 40.4 Å². The number of nitrogens with one attached hydrogen (secondary N) is 1. The van der Waals surface area contributed by atoms with Crippen molar-refractivity contribution in [1.82, 2.24) is 5.32 Å². The topological polar surface area (TPSA) is 29.1 Å². The van der Waals surface area contributed by atoms with E-state index in [2.05, 4.69) is 21.2 Å². The van der Waals surface area contributed by atoms with Gasteiger partial charge in [-0.3, -0.25) is 4.79 Å². The zero-order valence-corrected chi connectivity index (χ0v) is 12.6. The van der Waals surface area contributed by atoms with Crippen molar-refractivity contribution in [3.05, 3.63) is 33.3 Å². The zero-order valence-electron chi connectivity index (χ0n) is 10.2. The lowest BCUT2D eigenvalue weighted by Crippen LogP contribution is -2.37. The van der Waals surface area contributed by atoms with Gasteiger partial charge in [-0.25, -0.2) is 0 Å². The van der Waals surface area contributed by atoms with E-state index >= 15 is 0 Å². The van der Waals surface area contributed by atoms with E-state index in [1.165, 1.54) is 19.3 Å². The number of rotatable bonds is 3. The Bertz CT molecular complexity index is 430. The minimum atomic E-state index is 0.0878. The Labute approximate surface area is 121 Å². The lowest BCUT2D eigenvalue weighted by Gasteiger charge is -2.22. The van der Waals surface area contributed by atoms with E-state index in [0.29, 0.717) is 17.5 Å². The van der Waals surface area contributed by atoms with Gasteiger partial charge in [0.2, 0.25) is 5.91 Å². The van der Waals surface area contributed by atoms with Gasteiger partial charge in [0.15, 0.2) is 0 Å². The van der Waals surface area contributed by atoms with Crippen molar-refractivity contribution < 1.29 is 4.79 Å². The molecule has 1 aliphatic rings. The first kappa shape index (κ1) is 13.9. The van der Waals surface area contributed by atoms with Gasteiger partial charge in [0, 0.05) is 10.5 Å². The largest absolute Gasteiger partial charge is 0.353 e. The van der Waals surface area contributed by atoms with Crippen molar-refractivity contribution in [1.29, 1.82) is 0 Å². The van der Waals surface area contributed by atoms with Crippen LogP contribution in [0.25, 0.3) is 0 Å². The first-order chi connectivity index (χ1) is 8.66. The molecule has 0 unspecified atom stereocenters. The maximum absolute atomic E-state index is 12.0. The third-order valence-corrected chi connectivity index (χ3v) is 4.83. The van der Waals surface area contributed by atoms with Crippen LogP contribution in [0.4, 0.5) is 0 Å². The highest BCUT2D eigenvalue weighted by molar-refractivity contribution is 9.10. The molecule has 1 fully saturated rings. The van der Waals surface area contributed by atoms with Crippen LogP contribution in [-0.4, -0.2) is 11.9 Å². The summed E-state index contributed by atoms with van der Waals surface area (Å²) in [5.41, 5.74) is 0.941. The molecule has 98 valence electrons. The Morgan fingerprint density at radius 3 is 2.78 bits per heavy atom. The van der Waals surface area contributed by atoms with Crippen LogP contribution >= 0.6 is 27.5 Å². The van der Waals surface area contributed by atoms with Crippen LogP contribution in [0.3, 0.4) is 0 Å². The molecule has 1 aromatic carbocycles. The Hall–Kier alpha value is -0.540. The second-order valence-electron chi connectivity index (χ2n) is 4.79. The number of hydrogen-bond donors (Lipinski definition) is 1. The number of carbonyl (C=O) groups is 1. The summed E-state index contributed by atoms with van der Waals surface area (Å²) in [5, 5.41) is 3.76. The van der Waals surface area contributed by atoms with E-state index in [0.717, 1.165) is 22.9 Å². The molecule has 1 amide bonds. The molecule has 0 aliphatic heterocycles. The third-order valence-electron chi connectivity index (χ3n) is 3.35. The average Bonchev–Trinajstić information content (AvgIpc) is 2.36. The average molecular weight is 331 g/mol. The van der Waals surface area contributed by atoms with Gasteiger partial charge in [0.05, 0.1) is 11.4 Å². The molecule has 0 atom stereocenters. The van der Waals surface area contributed by atoms with Gasteiger partial charge < -0.3 is 5.32 Å². The van der Waals surface area contributed by atoms with E-state index in [1.54, 1.807) is 0 Å². The molecule has 18 heavy (non-hydrogen) atoms. The van der Waals surface area contributed by atoms with Crippen molar-refractivity contribution in [3.63, 3.8) is 0 Å². The van der Waals surface area contributed by atoms with E-state index < -0.39 is 0 Å². The fourth-order valence-electron chi connectivity index (χ4n) is 2.38. The van der Waals surface area contributed by atoms with Crippen molar-refractivity contribution >= 4 is 33.4 Å². The van der Waals surface area contributed by atoms with Gasteiger partial charge in [-0.2, -0.15) is 0 Å². The highest BCUT2D eigenvalue weighted by atomic mass is 79.9. The summed E-state index contributed by atoms with van der Waals surface area (Å²) in [4.78, 5) is 12.0. The maximum Gasteiger partial charge on any atom is 0.224 e. The smallest absolute Gasteiger partial charge is 0.224 e. The van der Waals surface area contributed by atoms with Gasteiger partial charge >= 0.3 is 0 Å². The third kappa shape index (κ3) is 3.72. The second kappa shape index (κ2) is 6.58. The van der Waals surface area contributed by atoms with Crippen LogP contribution in [0, 0.1) is 0 Å². The minimum Gasteiger partial charge on any atom is -0.353 e. The summed E-state index contributed by atoms with van der Waals surface area (Å²) in [7, 11) is 0. The molecule has 0 aromatic heterocycles. The molecule has 0 spiro atoms. The number of benzene rings is 1. The Kier molecular flexibility index (Phi) is 5.07. The summed E-state index contributed by atoms with van der Waals surface area (Å²) in [6.07, 6.45) is 6.37. The molecular formula is C14H17BrClNO. The molecule has 1 saturated carbocycles. The predicted molar refractivity (Wildman–Crippen MR) is 77.9 cm³/mol. The Balaban J connectivity index is 1.92. The molecule has 0 bridgehead atoms. The zero-order chi connectivity index (χ0) is 13.0. The van der Waals surface area contributed by atoms with Crippen LogP contribution in [0.1, 0.15) is 37.7 Å². The fraction of sp³-hybridized carbons (Fsp3) is 0.500. The summed E-state index contributed by atoms with van der Waals surface area (Å²) in [5.74, 6) is 0.0878. The lowest BCUT2D eigenvalue weighted by atomic mass is 9.95. The molecule has 4 heteroatoms. The number of amides is 1. The number of carbonyl (C=O) groups excluding carboxylic acids is 1. The van der Waals surface area contributed by atoms with Crippen LogP contribution < -0.4 is 5.32 Å². The molecule has 2 rings (SSSR count). The van der Waals surface area contributed by atoms with Gasteiger partial charge in [-0.1, -0.05) is 43.0 Å². The van der Waals surface area contributed by atoms with E-state index in [4.69, 9.17) is 11.6 Å². The number of halogens is 2. The minimum absolute atomic E-state index is 0.0878. The summed E-state index contributed by atoms with van der Waals surface area (Å²) in [6, 6.07) is 5.98. The molecule has 0 saturated heterocycles. The first-order valence-corrected chi connectivity index (χ1v) is 7.56. The van der Waals surface area contributed by atoms with Gasteiger partial charge in [-0.15, -0.1) is 0 Å². The summed E-state index contributed by atoms with van der Waals surface area (Å²) in [6.45, 7) is 0. The fourth-order valence-corrected chi connectivity index (χ4v) is 2.98. The van der Waals surface area contributed by atoms with Crippen LogP contribution in [-0.2, 0) is 11.2 Å². The predicted octanol–water partition coefficient (Wildman–Crippen LogP) is 4.09. The van der Waals surface area contributed by atoms with Crippen molar-refractivity contribution in [2.24, 2.45) is 0 Å². The van der Waals surface area contributed by atoms with Crippen molar-refractivity contribution in [2.75, 3.05) is 0 Å². The Morgan fingerprint density at radius 2 is 2.06 bits per heavy atom. The SMILES string of the molecule is O=C(Cc1cccc(Cl)c1Br)NC1CCCCC1. The number of hydrogen-bond acceptors (Lipinski definition) is 1. The molecule has 1 aromatic rings. The lowest BCUT2D eigenvalue weighted by molar-refractivity contribution is -0.121. The monoisotopic (exact) mass is 329 g/mol. The van der Waals surface area contributed by atoms with E-state index in [-0.39, 0.29) is 5.91 Å². The highest BCUT2D eigenvalue weighted by Gasteiger charge is 2.16. The highest BCUT2D eigenvalue weighted by Crippen LogP contribution is 2.26. The summed E-state index contributed by atoms with van der Waals surface area (Å²) >= 11 is 9.43. The maximum atomic E-state index is 12.0. The normalized spacial score (nSPS) is 16.6. The van der Waals surface area contributed by atoms with Crippen molar-refractivity contribution in [2.45, 2.75) is 44.6 Å². The molecule has 1 aliphatic carbocycles. The molecular weight excluding hydrogens is 314 g/mol. The van der Waals surface area contributed by atoms with Crippen molar-refractivity contribution in [3.8, 4) is 0 Å². The first-order valence-electron chi connectivity index (χ1n) is 6.39. The molecule has 0 heterocycles. The van der Waals surface area contributed by atoms with Crippen LogP contribution in [0.15, 0.2) is 22.7 Å². The van der Waals surface area contributed by atoms with Crippen LogP contribution in [0.2, 0.25) is 5.02 Å². The van der Waals surface area contributed by atoms with E-state index in [9.17, 15) is 4.79 Å². The molecule has 2 nitrogen and oxygen atoms in total. The molecule has 0 radical (unpaired) electrons. The second-order valence-corrected chi connectivity index (χ2v) is 5.99. The quantitative estimate of drug-likeness (QED) is 0.888. The van der Waals surface area contributed by atoms with E-state index in [1.807, 2.05) is 18.2 Å². The van der Waals surface area contributed by atoms with Gasteiger partial charge in [0.1, 0.15) is 0 Å². The Morgan fingerprint density at radius 1 is 1.33 bits per heavy atom. The van der Waals surface area contributed by atoms with Crippen LogP contribution in [0.5, 0.6) is 0 Å².